The van der Waals surface area contributed by atoms with E-state index < -0.39 is 0 Å². The number of nitrogens with zero attached hydrogens (tertiary/aromatic N) is 2. The lowest BCUT2D eigenvalue weighted by Gasteiger charge is -2.17. The van der Waals surface area contributed by atoms with Crippen LogP contribution >= 0.6 is 11.6 Å². The Hall–Kier alpha value is -1.04. The maximum absolute atomic E-state index is 8.91. The van der Waals surface area contributed by atoms with Crippen LogP contribution in [0.4, 0.5) is 0 Å². The Bertz CT molecular complexity index is 328. The van der Waals surface area contributed by atoms with Gasteiger partial charge in [0.1, 0.15) is 6.04 Å². The molecule has 1 unspecified atom stereocenters. The van der Waals surface area contributed by atoms with Crippen LogP contribution in [0.25, 0.3) is 0 Å². The lowest BCUT2D eigenvalue weighted by molar-refractivity contribution is 0.358. The van der Waals surface area contributed by atoms with Crippen molar-refractivity contribution in [2.75, 3.05) is 14.1 Å². The van der Waals surface area contributed by atoms with Gasteiger partial charge >= 0.3 is 0 Å². The Morgan fingerprint density at radius 1 is 1.46 bits per heavy atom. The van der Waals surface area contributed by atoms with E-state index in [9.17, 15) is 0 Å². The fraction of sp³-hybridized carbons (Fsp3) is 0.300. The molecule has 1 atom stereocenters. The molecule has 0 aliphatic rings. The summed E-state index contributed by atoms with van der Waals surface area (Å²) in [5, 5.41) is 9.57. The molecule has 0 amide bonds. The van der Waals surface area contributed by atoms with Gasteiger partial charge in [-0.1, -0.05) is 23.7 Å². The van der Waals surface area contributed by atoms with Crippen molar-refractivity contribution in [2.45, 2.75) is 6.04 Å². The van der Waals surface area contributed by atoms with Gasteiger partial charge in [-0.05, 0) is 31.8 Å². The Morgan fingerprint density at radius 3 is 2.62 bits per heavy atom. The summed E-state index contributed by atoms with van der Waals surface area (Å²) in [6.45, 7) is 0. The highest BCUT2D eigenvalue weighted by atomic mass is 35.5. The molecule has 0 heterocycles. The highest BCUT2D eigenvalue weighted by molar-refractivity contribution is 6.30. The molecule has 0 aromatic heterocycles. The Labute approximate surface area is 83.3 Å². The predicted molar refractivity (Wildman–Crippen MR) is 53.5 cm³/mol. The average molecular weight is 195 g/mol. The minimum Gasteiger partial charge on any atom is -0.291 e. The summed E-state index contributed by atoms with van der Waals surface area (Å²) in [5.74, 6) is 0. The number of nitriles is 1. The summed E-state index contributed by atoms with van der Waals surface area (Å²) in [7, 11) is 3.74. The molecule has 1 aromatic rings. The molecule has 0 N–H and O–H groups in total. The van der Waals surface area contributed by atoms with Gasteiger partial charge in [-0.15, -0.1) is 0 Å². The molecule has 0 spiro atoms. The van der Waals surface area contributed by atoms with Gasteiger partial charge < -0.3 is 0 Å². The smallest absolute Gasteiger partial charge is 0.123 e. The van der Waals surface area contributed by atoms with Crippen molar-refractivity contribution in [1.29, 1.82) is 5.26 Å². The summed E-state index contributed by atoms with van der Waals surface area (Å²) in [6.07, 6.45) is 0. The van der Waals surface area contributed by atoms with E-state index in [1.165, 1.54) is 0 Å². The largest absolute Gasteiger partial charge is 0.291 e. The second-order valence-electron chi connectivity index (χ2n) is 3.05. The molecular formula is C10H11ClN2. The topological polar surface area (TPSA) is 27.0 Å². The molecule has 0 saturated heterocycles. The fourth-order valence-electron chi connectivity index (χ4n) is 1.16. The fourth-order valence-corrected chi connectivity index (χ4v) is 1.36. The maximum Gasteiger partial charge on any atom is 0.123 e. The van der Waals surface area contributed by atoms with E-state index in [-0.39, 0.29) is 6.04 Å². The minimum absolute atomic E-state index is 0.223. The van der Waals surface area contributed by atoms with Crippen LogP contribution in [0.2, 0.25) is 5.02 Å². The van der Waals surface area contributed by atoms with Crippen LogP contribution in [-0.2, 0) is 0 Å². The first kappa shape index (κ1) is 10.0. The third-order valence-corrected chi connectivity index (χ3v) is 2.04. The van der Waals surface area contributed by atoms with Gasteiger partial charge in [0.25, 0.3) is 0 Å². The van der Waals surface area contributed by atoms with E-state index in [0.717, 1.165) is 5.56 Å². The molecule has 1 rings (SSSR count). The SMILES string of the molecule is CN(C)C(C#N)c1cccc(Cl)c1. The van der Waals surface area contributed by atoms with Crippen molar-refractivity contribution in [1.82, 2.24) is 4.90 Å². The predicted octanol–water partition coefficient (Wildman–Crippen LogP) is 2.47. The van der Waals surface area contributed by atoms with Crippen LogP contribution in [0.1, 0.15) is 11.6 Å². The van der Waals surface area contributed by atoms with Crippen LogP contribution in [0.3, 0.4) is 0 Å². The average Bonchev–Trinajstić information content (AvgIpc) is 2.04. The molecule has 2 nitrogen and oxygen atoms in total. The van der Waals surface area contributed by atoms with Crippen LogP contribution in [0, 0.1) is 11.3 Å². The lowest BCUT2D eigenvalue weighted by atomic mass is 10.1. The van der Waals surface area contributed by atoms with Gasteiger partial charge in [-0.3, -0.25) is 4.90 Å². The summed E-state index contributed by atoms with van der Waals surface area (Å²) in [6, 6.07) is 9.36. The van der Waals surface area contributed by atoms with Crippen LogP contribution in [0.5, 0.6) is 0 Å². The van der Waals surface area contributed by atoms with E-state index in [1.54, 1.807) is 6.07 Å². The molecular weight excluding hydrogens is 184 g/mol. The number of benzene rings is 1. The standard InChI is InChI=1S/C10H11ClN2/c1-13(2)10(7-12)8-4-3-5-9(11)6-8/h3-6,10H,1-2H3. The highest BCUT2D eigenvalue weighted by Crippen LogP contribution is 2.20. The van der Waals surface area contributed by atoms with Crippen molar-refractivity contribution in [2.24, 2.45) is 0 Å². The second-order valence-corrected chi connectivity index (χ2v) is 3.49. The number of rotatable bonds is 2. The summed E-state index contributed by atoms with van der Waals surface area (Å²) in [4.78, 5) is 1.85. The molecule has 68 valence electrons. The Kier molecular flexibility index (Phi) is 3.30. The molecule has 13 heavy (non-hydrogen) atoms. The second kappa shape index (κ2) is 4.27. The van der Waals surface area contributed by atoms with Gasteiger partial charge in [-0.25, -0.2) is 0 Å². The first-order valence-corrected chi connectivity index (χ1v) is 4.34. The molecule has 3 heteroatoms. The van der Waals surface area contributed by atoms with Crippen LogP contribution in [0.15, 0.2) is 24.3 Å². The molecule has 0 aliphatic carbocycles. The molecule has 1 aromatic carbocycles. The summed E-state index contributed by atoms with van der Waals surface area (Å²) < 4.78 is 0. The van der Waals surface area contributed by atoms with E-state index in [2.05, 4.69) is 6.07 Å². The Balaban J connectivity index is 3.00. The number of halogens is 1. The summed E-state index contributed by atoms with van der Waals surface area (Å²) >= 11 is 5.82. The molecule has 0 aliphatic heterocycles. The van der Waals surface area contributed by atoms with E-state index >= 15 is 0 Å². The molecule has 0 bridgehead atoms. The summed E-state index contributed by atoms with van der Waals surface area (Å²) in [5.41, 5.74) is 0.931. The van der Waals surface area contributed by atoms with Crippen LogP contribution < -0.4 is 0 Å². The van der Waals surface area contributed by atoms with Crippen molar-refractivity contribution < 1.29 is 0 Å². The van der Waals surface area contributed by atoms with Gasteiger partial charge in [-0.2, -0.15) is 5.26 Å². The quantitative estimate of drug-likeness (QED) is 0.723. The molecule has 0 radical (unpaired) electrons. The van der Waals surface area contributed by atoms with Gasteiger partial charge in [0.2, 0.25) is 0 Å². The molecule has 0 saturated carbocycles. The van der Waals surface area contributed by atoms with Gasteiger partial charge in [0.05, 0.1) is 6.07 Å². The number of hydrogen-bond acceptors (Lipinski definition) is 2. The monoisotopic (exact) mass is 194 g/mol. The third kappa shape index (κ3) is 2.45. The van der Waals surface area contributed by atoms with Crippen LogP contribution in [-0.4, -0.2) is 19.0 Å². The van der Waals surface area contributed by atoms with Crippen molar-refractivity contribution >= 4 is 11.6 Å². The number of hydrogen-bond donors (Lipinski definition) is 0. The first-order valence-electron chi connectivity index (χ1n) is 3.96. The van der Waals surface area contributed by atoms with Gasteiger partial charge in [0, 0.05) is 5.02 Å². The lowest BCUT2D eigenvalue weighted by Crippen LogP contribution is -2.18. The Morgan fingerprint density at radius 2 is 2.15 bits per heavy atom. The zero-order valence-corrected chi connectivity index (χ0v) is 8.42. The van der Waals surface area contributed by atoms with E-state index in [1.807, 2.05) is 37.2 Å². The van der Waals surface area contributed by atoms with Gasteiger partial charge in [0.15, 0.2) is 0 Å². The minimum atomic E-state index is -0.223. The zero-order chi connectivity index (χ0) is 9.84. The van der Waals surface area contributed by atoms with Crippen molar-refractivity contribution in [3.8, 4) is 6.07 Å². The van der Waals surface area contributed by atoms with Crippen molar-refractivity contribution in [3.63, 3.8) is 0 Å². The van der Waals surface area contributed by atoms with E-state index in [0.29, 0.717) is 5.02 Å². The first-order chi connectivity index (χ1) is 6.15. The normalized spacial score (nSPS) is 12.5. The molecule has 0 fully saturated rings. The third-order valence-electron chi connectivity index (χ3n) is 1.80. The highest BCUT2D eigenvalue weighted by Gasteiger charge is 2.12. The maximum atomic E-state index is 8.91. The van der Waals surface area contributed by atoms with Crippen molar-refractivity contribution in [3.05, 3.63) is 34.9 Å². The zero-order valence-electron chi connectivity index (χ0n) is 7.66. The van der Waals surface area contributed by atoms with E-state index in [4.69, 9.17) is 16.9 Å².